The Balaban J connectivity index is 2.51. The fourth-order valence-electron chi connectivity index (χ4n) is 2.30. The highest BCUT2D eigenvalue weighted by molar-refractivity contribution is 5.36. The molecule has 0 saturated carbocycles. The summed E-state index contributed by atoms with van der Waals surface area (Å²) < 4.78 is 7.32. The molecule has 2 aromatic heterocycles. The summed E-state index contributed by atoms with van der Waals surface area (Å²) >= 11 is 0. The van der Waals surface area contributed by atoms with E-state index in [1.807, 2.05) is 23.7 Å². The molecule has 2 rings (SSSR count). The zero-order valence-corrected chi connectivity index (χ0v) is 12.1. The first-order valence-corrected chi connectivity index (χ1v) is 6.70. The molecule has 108 valence electrons. The summed E-state index contributed by atoms with van der Waals surface area (Å²) in [7, 11) is 1.63. The minimum absolute atomic E-state index is 0.250. The number of methoxy groups -OCH3 is 1. The summed E-state index contributed by atoms with van der Waals surface area (Å²) in [5.41, 5.74) is 5.69. The lowest BCUT2D eigenvalue weighted by Gasteiger charge is -2.20. The van der Waals surface area contributed by atoms with E-state index in [0.29, 0.717) is 5.75 Å². The van der Waals surface area contributed by atoms with Gasteiger partial charge >= 0.3 is 0 Å². The standard InChI is InChI=1S/C14H21N5O/c1-4-8-19-14(11(20-3)9-17-19)13(18-15)12-10(2)6-5-7-16-12/h5-7,9,13,18H,4,8,15H2,1-3H3. The van der Waals surface area contributed by atoms with E-state index < -0.39 is 0 Å². The maximum atomic E-state index is 5.77. The summed E-state index contributed by atoms with van der Waals surface area (Å²) in [5, 5.41) is 4.37. The number of nitrogens with zero attached hydrogens (tertiary/aromatic N) is 3. The van der Waals surface area contributed by atoms with Crippen LogP contribution in [0.1, 0.15) is 36.3 Å². The monoisotopic (exact) mass is 275 g/mol. The van der Waals surface area contributed by atoms with Crippen molar-refractivity contribution in [2.45, 2.75) is 32.9 Å². The molecule has 0 radical (unpaired) electrons. The molecule has 20 heavy (non-hydrogen) atoms. The van der Waals surface area contributed by atoms with Gasteiger partial charge in [-0.2, -0.15) is 5.10 Å². The molecule has 2 heterocycles. The molecule has 6 nitrogen and oxygen atoms in total. The smallest absolute Gasteiger partial charge is 0.162 e. The van der Waals surface area contributed by atoms with E-state index >= 15 is 0 Å². The second kappa shape index (κ2) is 6.49. The molecule has 6 heteroatoms. The Kier molecular flexibility index (Phi) is 4.70. The van der Waals surface area contributed by atoms with Gasteiger partial charge in [0.2, 0.25) is 0 Å². The quantitative estimate of drug-likeness (QED) is 0.618. The van der Waals surface area contributed by atoms with Crippen LogP contribution in [0.5, 0.6) is 5.75 Å². The average molecular weight is 275 g/mol. The van der Waals surface area contributed by atoms with Crippen LogP contribution in [0.2, 0.25) is 0 Å². The van der Waals surface area contributed by atoms with Crippen LogP contribution in [0.15, 0.2) is 24.5 Å². The Morgan fingerprint density at radius 3 is 2.90 bits per heavy atom. The molecule has 0 aliphatic heterocycles. The number of hydrogen-bond acceptors (Lipinski definition) is 5. The largest absolute Gasteiger partial charge is 0.493 e. The minimum atomic E-state index is -0.250. The first kappa shape index (κ1) is 14.5. The molecule has 0 fully saturated rings. The van der Waals surface area contributed by atoms with Gasteiger partial charge in [0.05, 0.1) is 19.0 Å². The number of ether oxygens (including phenoxy) is 1. The summed E-state index contributed by atoms with van der Waals surface area (Å²) in [6, 6.07) is 3.67. The number of aryl methyl sites for hydroxylation is 2. The Morgan fingerprint density at radius 1 is 1.50 bits per heavy atom. The van der Waals surface area contributed by atoms with Crippen molar-refractivity contribution in [1.82, 2.24) is 20.2 Å². The normalized spacial score (nSPS) is 12.4. The van der Waals surface area contributed by atoms with Crippen LogP contribution in [0.3, 0.4) is 0 Å². The van der Waals surface area contributed by atoms with Gasteiger partial charge in [-0.25, -0.2) is 5.43 Å². The van der Waals surface area contributed by atoms with Crippen molar-refractivity contribution in [3.8, 4) is 5.75 Å². The number of pyridine rings is 1. The third-order valence-corrected chi connectivity index (χ3v) is 3.26. The molecule has 1 atom stereocenters. The van der Waals surface area contributed by atoms with E-state index in [9.17, 15) is 0 Å². The second-order valence-corrected chi connectivity index (χ2v) is 4.63. The van der Waals surface area contributed by atoms with Crippen molar-refractivity contribution in [2.24, 2.45) is 5.84 Å². The van der Waals surface area contributed by atoms with E-state index in [1.54, 1.807) is 19.5 Å². The van der Waals surface area contributed by atoms with Crippen LogP contribution in [0.25, 0.3) is 0 Å². The lowest BCUT2D eigenvalue weighted by Crippen LogP contribution is -2.32. The second-order valence-electron chi connectivity index (χ2n) is 4.63. The van der Waals surface area contributed by atoms with Gasteiger partial charge in [-0.15, -0.1) is 0 Å². The van der Waals surface area contributed by atoms with Gasteiger partial charge < -0.3 is 4.74 Å². The lowest BCUT2D eigenvalue weighted by atomic mass is 10.0. The van der Waals surface area contributed by atoms with Crippen LogP contribution in [-0.4, -0.2) is 21.9 Å². The number of nitrogens with two attached hydrogens (primary N) is 1. The van der Waals surface area contributed by atoms with Crippen molar-refractivity contribution in [1.29, 1.82) is 0 Å². The molecular weight excluding hydrogens is 254 g/mol. The first-order valence-electron chi connectivity index (χ1n) is 6.70. The Bertz CT molecular complexity index is 566. The van der Waals surface area contributed by atoms with Crippen LogP contribution < -0.4 is 16.0 Å². The van der Waals surface area contributed by atoms with Crippen LogP contribution in [0.4, 0.5) is 0 Å². The highest BCUT2D eigenvalue weighted by atomic mass is 16.5. The van der Waals surface area contributed by atoms with E-state index in [2.05, 4.69) is 22.4 Å². The summed E-state index contributed by atoms with van der Waals surface area (Å²) in [4.78, 5) is 4.44. The first-order chi connectivity index (χ1) is 9.72. The van der Waals surface area contributed by atoms with Gasteiger partial charge in [0.15, 0.2) is 5.75 Å². The van der Waals surface area contributed by atoms with Crippen molar-refractivity contribution in [3.63, 3.8) is 0 Å². The van der Waals surface area contributed by atoms with Crippen molar-refractivity contribution in [3.05, 3.63) is 41.5 Å². The summed E-state index contributed by atoms with van der Waals surface area (Å²) in [6.07, 6.45) is 4.46. The summed E-state index contributed by atoms with van der Waals surface area (Å²) in [5.74, 6) is 6.48. The fourth-order valence-corrected chi connectivity index (χ4v) is 2.30. The van der Waals surface area contributed by atoms with Crippen molar-refractivity contribution < 1.29 is 4.74 Å². The SMILES string of the molecule is CCCn1ncc(OC)c1C(NN)c1ncccc1C. The molecule has 0 saturated heterocycles. The number of hydrazine groups is 1. The summed E-state index contributed by atoms with van der Waals surface area (Å²) in [6.45, 7) is 4.93. The molecule has 3 N–H and O–H groups in total. The molecule has 0 aliphatic carbocycles. The number of rotatable bonds is 6. The van der Waals surface area contributed by atoms with Crippen LogP contribution >= 0.6 is 0 Å². The predicted octanol–water partition coefficient (Wildman–Crippen LogP) is 1.56. The molecule has 1 unspecified atom stereocenters. The topological polar surface area (TPSA) is 78.0 Å². The molecular formula is C14H21N5O. The van der Waals surface area contributed by atoms with Gasteiger partial charge in [0.1, 0.15) is 11.7 Å². The lowest BCUT2D eigenvalue weighted by molar-refractivity contribution is 0.397. The zero-order chi connectivity index (χ0) is 14.5. The number of hydrogen-bond donors (Lipinski definition) is 2. The highest BCUT2D eigenvalue weighted by Gasteiger charge is 2.24. The number of nitrogens with one attached hydrogen (secondary N) is 1. The Morgan fingerprint density at radius 2 is 2.30 bits per heavy atom. The fraction of sp³-hybridized carbons (Fsp3) is 0.429. The maximum Gasteiger partial charge on any atom is 0.162 e. The van der Waals surface area contributed by atoms with Gasteiger partial charge in [-0.05, 0) is 25.0 Å². The number of aromatic nitrogens is 3. The third kappa shape index (κ3) is 2.66. The molecule has 0 aromatic carbocycles. The van der Waals surface area contributed by atoms with Gasteiger partial charge in [0, 0.05) is 12.7 Å². The minimum Gasteiger partial charge on any atom is -0.493 e. The molecule has 0 bridgehead atoms. The highest BCUT2D eigenvalue weighted by Crippen LogP contribution is 2.30. The van der Waals surface area contributed by atoms with E-state index in [1.165, 1.54) is 0 Å². The Labute approximate surface area is 118 Å². The van der Waals surface area contributed by atoms with Gasteiger partial charge in [-0.1, -0.05) is 13.0 Å². The molecule has 0 amide bonds. The van der Waals surface area contributed by atoms with Crippen molar-refractivity contribution >= 4 is 0 Å². The molecule has 0 spiro atoms. The average Bonchev–Trinajstić information content (AvgIpc) is 2.85. The van der Waals surface area contributed by atoms with Crippen LogP contribution in [0, 0.1) is 6.92 Å². The maximum absolute atomic E-state index is 5.77. The predicted molar refractivity (Wildman–Crippen MR) is 77.2 cm³/mol. The van der Waals surface area contributed by atoms with Gasteiger partial charge in [0.25, 0.3) is 0 Å². The van der Waals surface area contributed by atoms with E-state index in [0.717, 1.165) is 29.9 Å². The van der Waals surface area contributed by atoms with Crippen molar-refractivity contribution in [2.75, 3.05) is 7.11 Å². The van der Waals surface area contributed by atoms with Crippen LogP contribution in [-0.2, 0) is 6.54 Å². The Hall–Kier alpha value is -1.92. The van der Waals surface area contributed by atoms with Gasteiger partial charge in [-0.3, -0.25) is 15.5 Å². The van der Waals surface area contributed by atoms with E-state index in [4.69, 9.17) is 10.6 Å². The zero-order valence-electron chi connectivity index (χ0n) is 12.1. The third-order valence-electron chi connectivity index (χ3n) is 3.26. The molecule has 0 aliphatic rings. The molecule has 2 aromatic rings. The van der Waals surface area contributed by atoms with E-state index in [-0.39, 0.29) is 6.04 Å².